The molecule has 0 bridgehead atoms. The van der Waals surface area contributed by atoms with Crippen LogP contribution in [-0.2, 0) is 9.59 Å². The van der Waals surface area contributed by atoms with E-state index in [1.54, 1.807) is 18.2 Å². The Hall–Kier alpha value is -3.42. The molecule has 3 aromatic carbocycles. The van der Waals surface area contributed by atoms with Crippen LogP contribution in [0.15, 0.2) is 77.7 Å². The molecule has 0 spiro atoms. The molecule has 0 aromatic heterocycles. The van der Waals surface area contributed by atoms with Crippen molar-refractivity contribution in [1.29, 1.82) is 0 Å². The summed E-state index contributed by atoms with van der Waals surface area (Å²) in [6, 6.07) is 22.5. The molecule has 7 heteroatoms. The summed E-state index contributed by atoms with van der Waals surface area (Å²) in [7, 11) is 0. The fourth-order valence-electron chi connectivity index (χ4n) is 3.51. The van der Waals surface area contributed by atoms with E-state index in [1.807, 2.05) is 74.5 Å². The summed E-state index contributed by atoms with van der Waals surface area (Å²) >= 11 is 6.68. The van der Waals surface area contributed by atoms with Gasteiger partial charge in [-0.1, -0.05) is 60.4 Å². The van der Waals surface area contributed by atoms with E-state index < -0.39 is 0 Å². The molecule has 1 fully saturated rings. The number of nitrogens with zero attached hydrogens (tertiary/aromatic N) is 1. The van der Waals surface area contributed by atoms with E-state index in [-0.39, 0.29) is 18.4 Å². The Morgan fingerprint density at radius 2 is 1.76 bits per heavy atom. The summed E-state index contributed by atoms with van der Waals surface area (Å²) in [5.74, 6) is 0.141. The molecule has 0 atom stereocenters. The number of thiocarbonyl (C=S) groups is 1. The zero-order valence-corrected chi connectivity index (χ0v) is 19.8. The third-order valence-corrected chi connectivity index (χ3v) is 6.14. The molecule has 0 radical (unpaired) electrons. The van der Waals surface area contributed by atoms with Gasteiger partial charge in [-0.25, -0.2) is 0 Å². The van der Waals surface area contributed by atoms with E-state index in [2.05, 4.69) is 5.32 Å². The van der Waals surface area contributed by atoms with E-state index in [1.165, 1.54) is 16.7 Å². The second kappa shape index (κ2) is 10.0. The van der Waals surface area contributed by atoms with E-state index in [9.17, 15) is 9.59 Å². The quantitative estimate of drug-likeness (QED) is 0.365. The van der Waals surface area contributed by atoms with Crippen molar-refractivity contribution < 1.29 is 14.3 Å². The van der Waals surface area contributed by atoms with Crippen LogP contribution in [0.1, 0.15) is 16.7 Å². The van der Waals surface area contributed by atoms with Crippen molar-refractivity contribution in [2.45, 2.75) is 13.8 Å². The van der Waals surface area contributed by atoms with Crippen molar-refractivity contribution in [2.24, 2.45) is 0 Å². The number of anilines is 2. The second-order valence-electron chi connectivity index (χ2n) is 7.64. The lowest BCUT2D eigenvalue weighted by molar-refractivity contribution is -0.118. The van der Waals surface area contributed by atoms with Crippen LogP contribution < -0.4 is 15.0 Å². The summed E-state index contributed by atoms with van der Waals surface area (Å²) in [6.45, 7) is 3.85. The van der Waals surface area contributed by atoms with Crippen LogP contribution in [-0.4, -0.2) is 22.7 Å². The van der Waals surface area contributed by atoms with Crippen molar-refractivity contribution in [3.63, 3.8) is 0 Å². The zero-order valence-electron chi connectivity index (χ0n) is 18.2. The van der Waals surface area contributed by atoms with Gasteiger partial charge in [0.05, 0.1) is 10.6 Å². The zero-order chi connectivity index (χ0) is 23.4. The minimum atomic E-state index is -0.242. The minimum absolute atomic E-state index is 0.118. The lowest BCUT2D eigenvalue weighted by Gasteiger charge is -2.13. The monoisotopic (exact) mass is 474 g/mol. The van der Waals surface area contributed by atoms with Crippen LogP contribution in [0.3, 0.4) is 0 Å². The molecular formula is C26H22N2O3S2. The maximum Gasteiger partial charge on any atom is 0.270 e. The SMILES string of the molecule is Cc1cc(C)cc(NC(=O)COc2cccc(/C=C3\SC(=S)N(c4ccccc4)C3=O)c2)c1. The predicted molar refractivity (Wildman–Crippen MR) is 139 cm³/mol. The average molecular weight is 475 g/mol. The molecule has 166 valence electrons. The Bertz CT molecular complexity index is 1240. The number of aryl methyl sites for hydroxylation is 2. The third-order valence-electron chi connectivity index (χ3n) is 4.84. The van der Waals surface area contributed by atoms with Gasteiger partial charge < -0.3 is 10.1 Å². The number of nitrogens with one attached hydrogen (secondary N) is 1. The van der Waals surface area contributed by atoms with Crippen molar-refractivity contribution in [3.05, 3.63) is 94.4 Å². The van der Waals surface area contributed by atoms with E-state index in [0.717, 1.165) is 28.1 Å². The van der Waals surface area contributed by atoms with Crippen molar-refractivity contribution in [1.82, 2.24) is 0 Å². The fraction of sp³-hybridized carbons (Fsp3) is 0.115. The Kier molecular flexibility index (Phi) is 6.91. The molecule has 1 heterocycles. The first kappa shape index (κ1) is 22.8. The van der Waals surface area contributed by atoms with Gasteiger partial charge >= 0.3 is 0 Å². The van der Waals surface area contributed by atoms with Gasteiger partial charge in [0, 0.05) is 5.69 Å². The number of benzene rings is 3. The number of hydrogen-bond acceptors (Lipinski definition) is 5. The Morgan fingerprint density at radius 3 is 2.48 bits per heavy atom. The highest BCUT2D eigenvalue weighted by atomic mass is 32.2. The number of carbonyl (C=O) groups excluding carboxylic acids is 2. The number of ether oxygens (including phenoxy) is 1. The molecule has 0 aliphatic carbocycles. The molecule has 1 N–H and O–H groups in total. The molecular weight excluding hydrogens is 452 g/mol. The van der Waals surface area contributed by atoms with Crippen LogP contribution >= 0.6 is 24.0 Å². The first-order chi connectivity index (χ1) is 15.9. The molecule has 33 heavy (non-hydrogen) atoms. The summed E-state index contributed by atoms with van der Waals surface area (Å²) in [6.07, 6.45) is 1.78. The summed E-state index contributed by atoms with van der Waals surface area (Å²) in [4.78, 5) is 27.3. The smallest absolute Gasteiger partial charge is 0.270 e. The molecule has 5 nitrogen and oxygen atoms in total. The largest absolute Gasteiger partial charge is 0.484 e. The number of para-hydroxylation sites is 1. The minimum Gasteiger partial charge on any atom is -0.484 e. The van der Waals surface area contributed by atoms with Crippen molar-refractivity contribution in [3.8, 4) is 5.75 Å². The van der Waals surface area contributed by atoms with Crippen LogP contribution in [0.2, 0.25) is 0 Å². The lowest BCUT2D eigenvalue weighted by Crippen LogP contribution is -2.27. The van der Waals surface area contributed by atoms with Gasteiger partial charge in [0.2, 0.25) is 0 Å². The Morgan fingerprint density at radius 1 is 1.03 bits per heavy atom. The van der Waals surface area contributed by atoms with Gasteiger partial charge in [0.25, 0.3) is 11.8 Å². The number of carbonyl (C=O) groups is 2. The standard InChI is InChI=1S/C26H22N2O3S2/c1-17-11-18(2)13-20(12-17)27-24(29)16-31-22-10-6-7-19(14-22)15-23-25(30)28(26(32)33-23)21-8-4-3-5-9-21/h3-15H,16H2,1-2H3,(H,27,29)/b23-15-. The topological polar surface area (TPSA) is 58.6 Å². The van der Waals surface area contributed by atoms with Crippen molar-refractivity contribution >= 4 is 57.6 Å². The number of hydrogen-bond donors (Lipinski definition) is 1. The summed E-state index contributed by atoms with van der Waals surface area (Å²) < 4.78 is 6.17. The molecule has 1 aliphatic rings. The van der Waals surface area contributed by atoms with Gasteiger partial charge in [-0.15, -0.1) is 0 Å². The second-order valence-corrected chi connectivity index (χ2v) is 9.31. The van der Waals surface area contributed by atoms with Gasteiger partial charge in [0.1, 0.15) is 5.75 Å². The van der Waals surface area contributed by atoms with Crippen LogP contribution in [0.4, 0.5) is 11.4 Å². The van der Waals surface area contributed by atoms with E-state index in [0.29, 0.717) is 15.0 Å². The highest BCUT2D eigenvalue weighted by Crippen LogP contribution is 2.36. The Balaban J connectivity index is 1.41. The average Bonchev–Trinajstić information content (AvgIpc) is 3.05. The normalized spacial score (nSPS) is 14.6. The number of thioether (sulfide) groups is 1. The van der Waals surface area contributed by atoms with Crippen LogP contribution in [0.25, 0.3) is 6.08 Å². The molecule has 1 aliphatic heterocycles. The highest BCUT2D eigenvalue weighted by Gasteiger charge is 2.33. The fourth-order valence-corrected chi connectivity index (χ4v) is 4.80. The first-order valence-corrected chi connectivity index (χ1v) is 11.6. The molecule has 3 aromatic rings. The molecule has 0 unspecified atom stereocenters. The molecule has 2 amide bonds. The van der Waals surface area contributed by atoms with E-state index >= 15 is 0 Å². The molecule has 0 saturated carbocycles. The first-order valence-electron chi connectivity index (χ1n) is 10.3. The summed E-state index contributed by atoms with van der Waals surface area (Å²) in [5, 5.41) is 2.85. The number of rotatable bonds is 6. The molecule has 1 saturated heterocycles. The molecule has 4 rings (SSSR count). The van der Waals surface area contributed by atoms with Gasteiger partial charge in [-0.05, 0) is 73.0 Å². The lowest BCUT2D eigenvalue weighted by atomic mass is 10.1. The summed E-state index contributed by atoms with van der Waals surface area (Å²) in [5.41, 5.74) is 4.44. The van der Waals surface area contributed by atoms with Crippen LogP contribution in [0, 0.1) is 13.8 Å². The van der Waals surface area contributed by atoms with Gasteiger partial charge in [-0.3, -0.25) is 14.5 Å². The van der Waals surface area contributed by atoms with Crippen molar-refractivity contribution in [2.75, 3.05) is 16.8 Å². The number of amides is 2. The maximum atomic E-state index is 12.9. The Labute approximate surface area is 202 Å². The highest BCUT2D eigenvalue weighted by molar-refractivity contribution is 8.27. The van der Waals surface area contributed by atoms with E-state index in [4.69, 9.17) is 17.0 Å². The van der Waals surface area contributed by atoms with Gasteiger partial charge in [0.15, 0.2) is 10.9 Å². The van der Waals surface area contributed by atoms with Crippen LogP contribution in [0.5, 0.6) is 5.75 Å². The maximum absolute atomic E-state index is 12.9. The van der Waals surface area contributed by atoms with Gasteiger partial charge in [-0.2, -0.15) is 0 Å². The predicted octanol–water partition coefficient (Wildman–Crippen LogP) is 5.73. The third kappa shape index (κ3) is 5.69.